The Morgan fingerprint density at radius 1 is 1.38 bits per heavy atom. The van der Waals surface area contributed by atoms with E-state index < -0.39 is 5.54 Å². The van der Waals surface area contributed by atoms with Crippen LogP contribution in [-0.4, -0.2) is 33.4 Å². The van der Waals surface area contributed by atoms with Gasteiger partial charge in [0.05, 0.1) is 16.1 Å². The summed E-state index contributed by atoms with van der Waals surface area (Å²) >= 11 is 3.13. The van der Waals surface area contributed by atoms with Crippen molar-refractivity contribution in [1.82, 2.24) is 8.83 Å². The number of rotatable bonds is 1. The van der Waals surface area contributed by atoms with Crippen molar-refractivity contribution in [3.63, 3.8) is 0 Å². The molecule has 13 heavy (non-hydrogen) atoms. The topological polar surface area (TPSA) is 40.6 Å². The minimum atomic E-state index is -0.758. The molecule has 0 aromatic rings. The van der Waals surface area contributed by atoms with Crippen LogP contribution in [0.3, 0.4) is 0 Å². The van der Waals surface area contributed by atoms with Crippen molar-refractivity contribution < 1.29 is 9.59 Å². The Kier molecular flexibility index (Phi) is 2.40. The zero-order valence-electron chi connectivity index (χ0n) is 8.17. The molecule has 0 saturated carbocycles. The molecular weight excluding hydrogens is 236 g/mol. The molecule has 3 amide bonds. The predicted molar refractivity (Wildman–Crippen MR) is 52.2 cm³/mol. The van der Waals surface area contributed by atoms with Gasteiger partial charge in [-0.2, -0.15) is 0 Å². The number of carbonyl (C=O) groups excluding carboxylic acids is 2. The molecule has 0 bridgehead atoms. The summed E-state index contributed by atoms with van der Waals surface area (Å²) in [6, 6.07) is -0.304. The van der Waals surface area contributed by atoms with Crippen molar-refractivity contribution in [2.75, 3.05) is 7.05 Å². The van der Waals surface area contributed by atoms with Crippen LogP contribution in [0, 0.1) is 5.92 Å². The van der Waals surface area contributed by atoms with Gasteiger partial charge < -0.3 is 0 Å². The van der Waals surface area contributed by atoms with E-state index in [1.54, 1.807) is 6.92 Å². The number of amides is 3. The van der Waals surface area contributed by atoms with Crippen LogP contribution in [0.15, 0.2) is 0 Å². The van der Waals surface area contributed by atoms with Gasteiger partial charge in [-0.25, -0.2) is 8.72 Å². The fraction of sp³-hybridized carbons (Fsp3) is 0.750. The summed E-state index contributed by atoms with van der Waals surface area (Å²) in [6.45, 7) is 5.59. The van der Waals surface area contributed by atoms with Crippen LogP contribution in [0.25, 0.3) is 0 Å². The number of likely N-dealkylation sites (N-methyl/N-ethyl adjacent to an activating group) is 1. The molecule has 0 aromatic heterocycles. The number of urea groups is 1. The molecule has 74 valence electrons. The number of hydrogen-bond donors (Lipinski definition) is 0. The van der Waals surface area contributed by atoms with Crippen molar-refractivity contribution in [1.29, 1.82) is 0 Å². The highest BCUT2D eigenvalue weighted by molar-refractivity contribution is 9.07. The third-order valence-electron chi connectivity index (χ3n) is 2.72. The molecule has 1 fully saturated rings. The van der Waals surface area contributed by atoms with Gasteiger partial charge in [0.1, 0.15) is 5.54 Å². The Hall–Kier alpha value is -0.580. The molecule has 1 rings (SSSR count). The molecule has 1 atom stereocenters. The molecule has 1 aliphatic heterocycles. The van der Waals surface area contributed by atoms with Crippen LogP contribution in [0.1, 0.15) is 20.8 Å². The number of hydrogen-bond acceptors (Lipinski definition) is 2. The summed E-state index contributed by atoms with van der Waals surface area (Å²) in [6.07, 6.45) is 0. The van der Waals surface area contributed by atoms with Gasteiger partial charge in [0, 0.05) is 7.05 Å². The summed E-state index contributed by atoms with van der Waals surface area (Å²) in [5.74, 6) is -0.0855. The van der Waals surface area contributed by atoms with Gasteiger partial charge in [-0.1, -0.05) is 13.8 Å². The number of carbonyl (C=O) groups is 2. The van der Waals surface area contributed by atoms with Crippen LogP contribution in [0.2, 0.25) is 0 Å². The Labute approximate surface area is 86.2 Å². The lowest BCUT2D eigenvalue weighted by molar-refractivity contribution is -0.132. The fourth-order valence-electron chi connectivity index (χ4n) is 1.31. The molecule has 1 aliphatic rings. The van der Waals surface area contributed by atoms with Gasteiger partial charge >= 0.3 is 6.03 Å². The second-order valence-corrected chi connectivity index (χ2v) is 4.44. The molecule has 0 aromatic carbocycles. The van der Waals surface area contributed by atoms with E-state index in [2.05, 4.69) is 16.1 Å². The summed E-state index contributed by atoms with van der Waals surface area (Å²) in [4.78, 5) is 24.3. The largest absolute Gasteiger partial charge is 0.337 e. The lowest BCUT2D eigenvalue weighted by atomic mass is 9.89. The molecule has 0 aliphatic carbocycles. The van der Waals surface area contributed by atoms with E-state index in [-0.39, 0.29) is 17.9 Å². The van der Waals surface area contributed by atoms with Crippen molar-refractivity contribution in [2.24, 2.45) is 5.92 Å². The molecule has 0 N–H and O–H groups in total. The van der Waals surface area contributed by atoms with E-state index >= 15 is 0 Å². The summed E-state index contributed by atoms with van der Waals surface area (Å²) in [5.41, 5.74) is -0.758. The van der Waals surface area contributed by atoms with E-state index in [4.69, 9.17) is 0 Å². The van der Waals surface area contributed by atoms with E-state index in [1.807, 2.05) is 13.8 Å². The molecular formula is C8H13BrN2O2. The standard InChI is InChI=1S/C8H13BrN2O2/c1-5(2)8(3)6(12)10(4)7(13)11(8)9/h5H,1-4H3. The van der Waals surface area contributed by atoms with Gasteiger partial charge in [-0.05, 0) is 12.8 Å². The first-order chi connectivity index (χ1) is 5.83. The molecule has 5 heteroatoms. The van der Waals surface area contributed by atoms with Gasteiger partial charge in [-0.3, -0.25) is 9.69 Å². The van der Waals surface area contributed by atoms with Crippen LogP contribution < -0.4 is 0 Å². The minimum absolute atomic E-state index is 0.0771. The molecule has 1 heterocycles. The van der Waals surface area contributed by atoms with Crippen LogP contribution in [0.5, 0.6) is 0 Å². The monoisotopic (exact) mass is 248 g/mol. The molecule has 1 unspecified atom stereocenters. The highest BCUT2D eigenvalue weighted by atomic mass is 79.9. The maximum Gasteiger partial charge on any atom is 0.337 e. The lowest BCUT2D eigenvalue weighted by Gasteiger charge is -2.30. The van der Waals surface area contributed by atoms with Crippen LogP contribution >= 0.6 is 16.1 Å². The van der Waals surface area contributed by atoms with E-state index in [0.29, 0.717) is 0 Å². The van der Waals surface area contributed by atoms with Crippen molar-refractivity contribution in [2.45, 2.75) is 26.3 Å². The first-order valence-corrected chi connectivity index (χ1v) is 4.82. The molecule has 1 saturated heterocycles. The average Bonchev–Trinajstić information content (AvgIpc) is 2.22. The zero-order valence-corrected chi connectivity index (χ0v) is 9.75. The van der Waals surface area contributed by atoms with Crippen molar-refractivity contribution in [3.05, 3.63) is 0 Å². The Morgan fingerprint density at radius 2 is 1.85 bits per heavy atom. The first kappa shape index (κ1) is 10.5. The number of imide groups is 1. The van der Waals surface area contributed by atoms with Crippen molar-refractivity contribution >= 4 is 28.1 Å². The highest BCUT2D eigenvalue weighted by Crippen LogP contribution is 2.35. The fourth-order valence-corrected chi connectivity index (χ4v) is 2.11. The maximum absolute atomic E-state index is 11.7. The van der Waals surface area contributed by atoms with E-state index in [0.717, 1.165) is 4.90 Å². The Balaban J connectivity index is 3.13. The summed E-state index contributed by atoms with van der Waals surface area (Å²) < 4.78 is 1.33. The molecule has 0 spiro atoms. The minimum Gasteiger partial charge on any atom is -0.272 e. The summed E-state index contributed by atoms with van der Waals surface area (Å²) in [7, 11) is 1.49. The SMILES string of the molecule is CC(C)C1(C)C(=O)N(C)C(=O)N1Br. The van der Waals surface area contributed by atoms with Gasteiger partial charge in [0.25, 0.3) is 5.91 Å². The van der Waals surface area contributed by atoms with Crippen LogP contribution in [-0.2, 0) is 4.79 Å². The maximum atomic E-state index is 11.7. The van der Waals surface area contributed by atoms with Gasteiger partial charge in [0.15, 0.2) is 0 Å². The Morgan fingerprint density at radius 3 is 2.00 bits per heavy atom. The smallest absolute Gasteiger partial charge is 0.272 e. The van der Waals surface area contributed by atoms with Gasteiger partial charge in [-0.15, -0.1) is 0 Å². The highest BCUT2D eigenvalue weighted by Gasteiger charge is 2.54. The lowest BCUT2D eigenvalue weighted by Crippen LogP contribution is -2.46. The van der Waals surface area contributed by atoms with E-state index in [9.17, 15) is 9.59 Å². The number of nitrogens with zero attached hydrogens (tertiary/aromatic N) is 2. The second-order valence-electron chi connectivity index (χ2n) is 3.73. The quantitative estimate of drug-likeness (QED) is 0.523. The summed E-state index contributed by atoms with van der Waals surface area (Å²) in [5, 5.41) is 0. The van der Waals surface area contributed by atoms with E-state index in [1.165, 1.54) is 11.0 Å². The number of halogens is 1. The predicted octanol–water partition coefficient (Wildman–Crippen LogP) is 1.60. The van der Waals surface area contributed by atoms with Crippen LogP contribution in [0.4, 0.5) is 4.79 Å². The Bertz CT molecular complexity index is 267. The third-order valence-corrected chi connectivity index (χ3v) is 3.76. The van der Waals surface area contributed by atoms with Crippen molar-refractivity contribution in [3.8, 4) is 0 Å². The molecule has 4 nitrogen and oxygen atoms in total. The molecule has 0 radical (unpaired) electrons. The average molecular weight is 249 g/mol. The first-order valence-electron chi connectivity index (χ1n) is 4.11. The second kappa shape index (κ2) is 2.97. The zero-order chi connectivity index (χ0) is 10.4. The normalized spacial score (nSPS) is 29.4. The van der Waals surface area contributed by atoms with Gasteiger partial charge in [0.2, 0.25) is 0 Å². The third kappa shape index (κ3) is 1.17.